The average Bonchev–Trinajstić information content (AvgIpc) is 2.73. The van der Waals surface area contributed by atoms with E-state index in [0.29, 0.717) is 25.4 Å². The summed E-state index contributed by atoms with van der Waals surface area (Å²) in [5, 5.41) is 0. The molecule has 1 aliphatic heterocycles. The van der Waals surface area contributed by atoms with Crippen LogP contribution in [-0.4, -0.2) is 51.0 Å². The molecule has 0 bridgehead atoms. The molecular formula is C15H23NO2. The molecule has 0 N–H and O–H groups in total. The SMILES string of the molecule is COCCO[C@H]1CCN(C)[C@H]1Cc1ccccc1. The molecule has 0 spiro atoms. The number of hydrogen-bond acceptors (Lipinski definition) is 3. The van der Waals surface area contributed by atoms with Crippen LogP contribution in [0.1, 0.15) is 12.0 Å². The van der Waals surface area contributed by atoms with Gasteiger partial charge in [0.25, 0.3) is 0 Å². The van der Waals surface area contributed by atoms with Crippen LogP contribution in [0.5, 0.6) is 0 Å². The smallest absolute Gasteiger partial charge is 0.0746 e. The first-order valence-electron chi connectivity index (χ1n) is 6.66. The van der Waals surface area contributed by atoms with E-state index in [-0.39, 0.29) is 0 Å². The molecule has 1 saturated heterocycles. The van der Waals surface area contributed by atoms with Crippen LogP contribution >= 0.6 is 0 Å². The zero-order valence-electron chi connectivity index (χ0n) is 11.3. The Bertz CT molecular complexity index is 342. The summed E-state index contributed by atoms with van der Waals surface area (Å²) in [5.74, 6) is 0. The summed E-state index contributed by atoms with van der Waals surface area (Å²) >= 11 is 0. The summed E-state index contributed by atoms with van der Waals surface area (Å²) < 4.78 is 11.0. The summed E-state index contributed by atoms with van der Waals surface area (Å²) in [5.41, 5.74) is 1.39. The zero-order chi connectivity index (χ0) is 12.8. The molecule has 0 radical (unpaired) electrons. The average molecular weight is 249 g/mol. The summed E-state index contributed by atoms with van der Waals surface area (Å²) in [7, 11) is 3.90. The minimum atomic E-state index is 0.338. The van der Waals surface area contributed by atoms with Crippen LogP contribution in [0.3, 0.4) is 0 Å². The van der Waals surface area contributed by atoms with E-state index in [0.717, 1.165) is 19.4 Å². The first-order valence-corrected chi connectivity index (χ1v) is 6.66. The predicted molar refractivity (Wildman–Crippen MR) is 72.8 cm³/mol. The molecule has 1 aromatic carbocycles. The number of hydrogen-bond donors (Lipinski definition) is 0. The highest BCUT2D eigenvalue weighted by molar-refractivity contribution is 5.16. The topological polar surface area (TPSA) is 21.7 Å². The number of ether oxygens (including phenoxy) is 2. The van der Waals surface area contributed by atoms with Gasteiger partial charge in [0.1, 0.15) is 0 Å². The second-order valence-corrected chi connectivity index (χ2v) is 4.93. The molecular weight excluding hydrogens is 226 g/mol. The molecule has 3 nitrogen and oxygen atoms in total. The van der Waals surface area contributed by atoms with Gasteiger partial charge in [0.2, 0.25) is 0 Å². The van der Waals surface area contributed by atoms with E-state index in [4.69, 9.17) is 9.47 Å². The fourth-order valence-electron chi connectivity index (χ4n) is 2.59. The minimum absolute atomic E-state index is 0.338. The van der Waals surface area contributed by atoms with E-state index in [1.807, 2.05) is 0 Å². The second kappa shape index (κ2) is 6.88. The molecule has 0 aromatic heterocycles. The van der Waals surface area contributed by atoms with Crippen LogP contribution in [0.15, 0.2) is 30.3 Å². The van der Waals surface area contributed by atoms with Crippen molar-refractivity contribution >= 4 is 0 Å². The van der Waals surface area contributed by atoms with E-state index >= 15 is 0 Å². The van der Waals surface area contributed by atoms with Gasteiger partial charge in [0, 0.05) is 19.7 Å². The number of methoxy groups -OCH3 is 1. The maximum atomic E-state index is 5.93. The monoisotopic (exact) mass is 249 g/mol. The number of benzene rings is 1. The van der Waals surface area contributed by atoms with Crippen molar-refractivity contribution in [3.05, 3.63) is 35.9 Å². The molecule has 1 fully saturated rings. The Morgan fingerprint density at radius 2 is 2.00 bits per heavy atom. The second-order valence-electron chi connectivity index (χ2n) is 4.93. The lowest BCUT2D eigenvalue weighted by atomic mass is 10.0. The maximum absolute atomic E-state index is 5.93. The van der Waals surface area contributed by atoms with E-state index < -0.39 is 0 Å². The Morgan fingerprint density at radius 3 is 2.72 bits per heavy atom. The van der Waals surface area contributed by atoms with Gasteiger partial charge in [0.05, 0.1) is 19.3 Å². The van der Waals surface area contributed by atoms with Crippen LogP contribution in [0.25, 0.3) is 0 Å². The van der Waals surface area contributed by atoms with E-state index in [1.165, 1.54) is 5.56 Å². The van der Waals surface area contributed by atoms with E-state index in [9.17, 15) is 0 Å². The van der Waals surface area contributed by atoms with Gasteiger partial charge in [0.15, 0.2) is 0 Å². The van der Waals surface area contributed by atoms with Crippen molar-refractivity contribution in [1.82, 2.24) is 4.90 Å². The molecule has 0 unspecified atom stereocenters. The molecule has 1 heterocycles. The third kappa shape index (κ3) is 3.55. The van der Waals surface area contributed by atoms with Crippen LogP contribution < -0.4 is 0 Å². The van der Waals surface area contributed by atoms with Gasteiger partial charge in [-0.3, -0.25) is 0 Å². The van der Waals surface area contributed by atoms with Gasteiger partial charge in [-0.05, 0) is 25.5 Å². The lowest BCUT2D eigenvalue weighted by Gasteiger charge is -2.25. The Kier molecular flexibility index (Phi) is 5.17. The van der Waals surface area contributed by atoms with Crippen LogP contribution in [0, 0.1) is 0 Å². The van der Waals surface area contributed by atoms with Gasteiger partial charge in [-0.25, -0.2) is 0 Å². The summed E-state index contributed by atoms with van der Waals surface area (Å²) in [6, 6.07) is 11.1. The Hall–Kier alpha value is -0.900. The van der Waals surface area contributed by atoms with Gasteiger partial charge < -0.3 is 14.4 Å². The molecule has 1 aliphatic rings. The largest absolute Gasteiger partial charge is 0.382 e. The number of likely N-dealkylation sites (tertiary alicyclic amines) is 1. The predicted octanol–water partition coefficient (Wildman–Crippen LogP) is 1.96. The molecule has 0 saturated carbocycles. The molecule has 3 heteroatoms. The summed E-state index contributed by atoms with van der Waals surface area (Å²) in [6.45, 7) is 2.49. The van der Waals surface area contributed by atoms with Crippen molar-refractivity contribution in [2.45, 2.75) is 25.0 Å². The summed E-state index contributed by atoms with van der Waals surface area (Å²) in [6.07, 6.45) is 2.53. The third-order valence-corrected chi connectivity index (χ3v) is 3.67. The fraction of sp³-hybridized carbons (Fsp3) is 0.600. The van der Waals surface area contributed by atoms with Crippen molar-refractivity contribution in [2.24, 2.45) is 0 Å². The quantitative estimate of drug-likeness (QED) is 0.719. The Morgan fingerprint density at radius 1 is 1.22 bits per heavy atom. The number of likely N-dealkylation sites (N-methyl/N-ethyl adjacent to an activating group) is 1. The van der Waals surface area contributed by atoms with Gasteiger partial charge in [-0.2, -0.15) is 0 Å². The Balaban J connectivity index is 1.91. The van der Waals surface area contributed by atoms with Crippen molar-refractivity contribution in [2.75, 3.05) is 33.9 Å². The molecule has 18 heavy (non-hydrogen) atoms. The number of nitrogens with zero attached hydrogens (tertiary/aromatic N) is 1. The van der Waals surface area contributed by atoms with Crippen LogP contribution in [-0.2, 0) is 15.9 Å². The van der Waals surface area contributed by atoms with Crippen LogP contribution in [0.4, 0.5) is 0 Å². The summed E-state index contributed by atoms with van der Waals surface area (Å²) in [4.78, 5) is 2.41. The molecule has 1 aromatic rings. The van der Waals surface area contributed by atoms with E-state index in [1.54, 1.807) is 7.11 Å². The molecule has 0 aliphatic carbocycles. The van der Waals surface area contributed by atoms with Crippen LogP contribution in [0.2, 0.25) is 0 Å². The van der Waals surface area contributed by atoms with Crippen molar-refractivity contribution in [3.8, 4) is 0 Å². The van der Waals surface area contributed by atoms with Crippen molar-refractivity contribution < 1.29 is 9.47 Å². The van der Waals surface area contributed by atoms with Crippen molar-refractivity contribution in [3.63, 3.8) is 0 Å². The first kappa shape index (κ1) is 13.5. The highest BCUT2D eigenvalue weighted by Crippen LogP contribution is 2.22. The van der Waals surface area contributed by atoms with Gasteiger partial charge in [-0.15, -0.1) is 0 Å². The minimum Gasteiger partial charge on any atom is -0.382 e. The highest BCUT2D eigenvalue weighted by Gasteiger charge is 2.32. The fourth-order valence-corrected chi connectivity index (χ4v) is 2.59. The van der Waals surface area contributed by atoms with Gasteiger partial charge >= 0.3 is 0 Å². The standard InChI is InChI=1S/C15H23NO2/c1-16-9-8-15(18-11-10-17-2)14(16)12-13-6-4-3-5-7-13/h3-7,14-15H,8-12H2,1-2H3/t14-,15-/m0/s1. The molecule has 2 atom stereocenters. The van der Waals surface area contributed by atoms with Gasteiger partial charge in [-0.1, -0.05) is 30.3 Å². The molecule has 2 rings (SSSR count). The molecule has 100 valence electrons. The third-order valence-electron chi connectivity index (χ3n) is 3.67. The maximum Gasteiger partial charge on any atom is 0.0746 e. The highest BCUT2D eigenvalue weighted by atomic mass is 16.5. The normalized spacial score (nSPS) is 24.6. The lowest BCUT2D eigenvalue weighted by molar-refractivity contribution is 0.00214. The first-order chi connectivity index (χ1) is 8.81. The van der Waals surface area contributed by atoms with E-state index in [2.05, 4.69) is 42.3 Å². The zero-order valence-corrected chi connectivity index (χ0v) is 11.3. The Labute approximate surface area is 110 Å². The van der Waals surface area contributed by atoms with Crippen molar-refractivity contribution in [1.29, 1.82) is 0 Å². The lowest BCUT2D eigenvalue weighted by Crippen LogP contribution is -2.36. The number of rotatable bonds is 6. The molecule has 0 amide bonds.